The van der Waals surface area contributed by atoms with Gasteiger partial charge in [-0.2, -0.15) is 4.98 Å². The fraction of sp³-hybridized carbons (Fsp3) is 0.455. The van der Waals surface area contributed by atoms with Crippen LogP contribution in [0.3, 0.4) is 0 Å². The van der Waals surface area contributed by atoms with Gasteiger partial charge in [0, 0.05) is 75.7 Å². The van der Waals surface area contributed by atoms with Crippen LogP contribution in [0.5, 0.6) is 5.75 Å². The third-order valence-electron chi connectivity index (χ3n) is 9.16. The zero-order chi connectivity index (χ0) is 33.8. The number of benzene rings is 2. The van der Waals surface area contributed by atoms with E-state index in [9.17, 15) is 8.42 Å². The molecule has 4 aromatic rings. The lowest BCUT2D eigenvalue weighted by molar-refractivity contribution is 0.0982. The topological polar surface area (TPSA) is 141 Å². The molecule has 0 saturated carbocycles. The normalized spacial score (nSPS) is 16.6. The van der Waals surface area contributed by atoms with E-state index in [1.807, 2.05) is 0 Å². The van der Waals surface area contributed by atoms with Crippen molar-refractivity contribution >= 4 is 71.5 Å². The van der Waals surface area contributed by atoms with Crippen molar-refractivity contribution in [2.75, 3.05) is 79.4 Å². The Morgan fingerprint density at radius 1 is 0.958 bits per heavy atom. The Morgan fingerprint density at radius 3 is 2.42 bits per heavy atom. The quantitative estimate of drug-likeness (QED) is 0.186. The van der Waals surface area contributed by atoms with Gasteiger partial charge in [-0.25, -0.2) is 13.4 Å². The Balaban J connectivity index is 1.23. The first-order valence-electron chi connectivity index (χ1n) is 16.4. The number of ether oxygens (including phenoxy) is 1. The van der Waals surface area contributed by atoms with E-state index in [0.29, 0.717) is 50.4 Å². The smallest absolute Gasteiger partial charge is 0.232 e. The average Bonchev–Trinajstić information content (AvgIpc) is 3.11. The van der Waals surface area contributed by atoms with Crippen molar-refractivity contribution in [1.29, 1.82) is 0 Å². The van der Waals surface area contributed by atoms with Crippen molar-refractivity contribution in [1.82, 2.24) is 29.7 Å². The molecule has 0 spiro atoms. The summed E-state index contributed by atoms with van der Waals surface area (Å²) in [5.74, 6) is 1.39. The number of aromatic nitrogens is 4. The van der Waals surface area contributed by atoms with Gasteiger partial charge in [0.25, 0.3) is 0 Å². The standard InChI is InChI=1S/C33H43BrN10O3S/c1-5-22-19-27(29(47-4)20-28(22)44-13-9-23(10-14-44)43-17-15-42(3)16-18-43)39-33-37-21-24(34)32(40-33)38-26-8-7-25-30(36-12-11-35-25)31(26)41-48(45,46)6-2/h7-8,11-12,19-21,23,41H,5-6,9-10,13-18H2,1-4H3,(H2,37,38,39,40). The average molecular weight is 740 g/mol. The first-order valence-corrected chi connectivity index (χ1v) is 18.8. The van der Waals surface area contributed by atoms with Crippen LogP contribution < -0.4 is 25.0 Å². The largest absolute Gasteiger partial charge is 0.494 e. The molecule has 0 amide bonds. The summed E-state index contributed by atoms with van der Waals surface area (Å²) in [5, 5.41) is 6.62. The summed E-state index contributed by atoms with van der Waals surface area (Å²) < 4.78 is 34.4. The number of nitrogens with zero attached hydrogens (tertiary/aromatic N) is 7. The number of hydrogen-bond donors (Lipinski definition) is 3. The Morgan fingerprint density at radius 2 is 1.71 bits per heavy atom. The molecule has 256 valence electrons. The summed E-state index contributed by atoms with van der Waals surface area (Å²) in [7, 11) is 0.269. The number of hydrogen-bond acceptors (Lipinski definition) is 12. The molecular formula is C33H43BrN10O3S. The van der Waals surface area contributed by atoms with Gasteiger partial charge in [0.1, 0.15) is 17.1 Å². The predicted octanol–water partition coefficient (Wildman–Crippen LogP) is 5.22. The van der Waals surface area contributed by atoms with E-state index in [4.69, 9.17) is 9.72 Å². The Bertz CT molecular complexity index is 1860. The van der Waals surface area contributed by atoms with Crippen LogP contribution in [0.1, 0.15) is 32.3 Å². The lowest BCUT2D eigenvalue weighted by Crippen LogP contribution is -2.52. The monoisotopic (exact) mass is 738 g/mol. The van der Waals surface area contributed by atoms with E-state index in [-0.39, 0.29) is 5.75 Å². The maximum absolute atomic E-state index is 12.6. The molecule has 2 aromatic heterocycles. The highest BCUT2D eigenvalue weighted by atomic mass is 79.9. The molecule has 6 rings (SSSR count). The highest BCUT2D eigenvalue weighted by molar-refractivity contribution is 9.10. The van der Waals surface area contributed by atoms with Gasteiger partial charge in [-0.05, 0) is 72.9 Å². The van der Waals surface area contributed by atoms with E-state index >= 15 is 0 Å². The predicted molar refractivity (Wildman–Crippen MR) is 196 cm³/mol. The van der Waals surface area contributed by atoms with E-state index in [0.717, 1.165) is 64.2 Å². The van der Waals surface area contributed by atoms with E-state index in [1.165, 1.54) is 17.4 Å². The van der Waals surface area contributed by atoms with Gasteiger partial charge >= 0.3 is 0 Å². The van der Waals surface area contributed by atoms with Gasteiger partial charge in [-0.1, -0.05) is 6.92 Å². The Kier molecular flexibility index (Phi) is 10.5. The third-order valence-corrected chi connectivity index (χ3v) is 11.0. The molecule has 13 nitrogen and oxygen atoms in total. The number of likely N-dealkylation sites (N-methyl/N-ethyl adjacent to an activating group) is 1. The molecule has 0 aliphatic carbocycles. The van der Waals surface area contributed by atoms with Crippen LogP contribution in [-0.4, -0.2) is 103 Å². The third kappa shape index (κ3) is 7.59. The maximum atomic E-state index is 12.6. The number of anilines is 6. The van der Waals surface area contributed by atoms with E-state index < -0.39 is 10.0 Å². The molecule has 2 aliphatic rings. The first kappa shape index (κ1) is 34.1. The maximum Gasteiger partial charge on any atom is 0.232 e. The summed E-state index contributed by atoms with van der Waals surface area (Å²) in [6.45, 7) is 10.4. The number of fused-ring (bicyclic) bond motifs is 1. The fourth-order valence-corrected chi connectivity index (χ4v) is 7.30. The first-order chi connectivity index (χ1) is 23.2. The van der Waals surface area contributed by atoms with Crippen molar-refractivity contribution < 1.29 is 13.2 Å². The van der Waals surface area contributed by atoms with Gasteiger partial charge in [0.2, 0.25) is 16.0 Å². The number of sulfonamides is 1. The molecule has 15 heteroatoms. The minimum absolute atomic E-state index is 0.0936. The van der Waals surface area contributed by atoms with E-state index in [1.54, 1.807) is 38.6 Å². The summed E-state index contributed by atoms with van der Waals surface area (Å²) in [6, 6.07) is 8.41. The SMILES string of the molecule is CCc1cc(Nc2ncc(Br)c(Nc3ccc4nccnc4c3NS(=O)(=O)CC)n2)c(OC)cc1N1CCC(N2CCN(C)CC2)CC1. The summed E-state index contributed by atoms with van der Waals surface area (Å²) in [6.07, 6.45) is 7.90. The number of piperidine rings is 1. The second kappa shape index (κ2) is 14.8. The molecule has 0 unspecified atom stereocenters. The van der Waals surface area contributed by atoms with Gasteiger partial charge < -0.3 is 25.2 Å². The minimum Gasteiger partial charge on any atom is -0.494 e. The number of halogens is 1. The highest BCUT2D eigenvalue weighted by Crippen LogP contribution is 2.38. The Hall–Kier alpha value is -3.79. The van der Waals surface area contributed by atoms with Crippen LogP contribution >= 0.6 is 15.9 Å². The number of nitrogens with one attached hydrogen (secondary N) is 3. The van der Waals surface area contributed by atoms with Crippen molar-refractivity contribution in [2.24, 2.45) is 0 Å². The molecule has 2 aliphatic heterocycles. The van der Waals surface area contributed by atoms with Gasteiger partial charge in [0.15, 0.2) is 0 Å². The molecule has 0 radical (unpaired) electrons. The summed E-state index contributed by atoms with van der Waals surface area (Å²) in [5.41, 5.74) is 4.92. The second-order valence-corrected chi connectivity index (χ2v) is 15.0. The zero-order valence-electron chi connectivity index (χ0n) is 27.8. The molecule has 48 heavy (non-hydrogen) atoms. The van der Waals surface area contributed by atoms with Crippen molar-refractivity contribution in [3.8, 4) is 5.75 Å². The van der Waals surface area contributed by atoms with Crippen molar-refractivity contribution in [3.05, 3.63) is 52.9 Å². The van der Waals surface area contributed by atoms with Crippen LogP contribution in [-0.2, 0) is 16.4 Å². The molecule has 0 bridgehead atoms. The lowest BCUT2D eigenvalue weighted by atomic mass is 9.99. The number of piperazine rings is 1. The van der Waals surface area contributed by atoms with Crippen LogP contribution in [0, 0.1) is 0 Å². The lowest BCUT2D eigenvalue weighted by Gasteiger charge is -2.43. The van der Waals surface area contributed by atoms with Crippen LogP contribution in [0.15, 0.2) is 47.3 Å². The van der Waals surface area contributed by atoms with Gasteiger partial charge in [-0.3, -0.25) is 19.6 Å². The highest BCUT2D eigenvalue weighted by Gasteiger charge is 2.28. The second-order valence-electron chi connectivity index (χ2n) is 12.2. The summed E-state index contributed by atoms with van der Waals surface area (Å²) in [4.78, 5) is 25.5. The number of methoxy groups -OCH3 is 1. The number of aryl methyl sites for hydroxylation is 1. The molecule has 4 heterocycles. The molecule has 2 aromatic carbocycles. The molecule has 2 saturated heterocycles. The van der Waals surface area contributed by atoms with Crippen molar-refractivity contribution in [3.63, 3.8) is 0 Å². The molecule has 2 fully saturated rings. The van der Waals surface area contributed by atoms with Gasteiger partial charge in [0.05, 0.1) is 39.9 Å². The molecular weight excluding hydrogens is 696 g/mol. The molecule has 3 N–H and O–H groups in total. The van der Waals surface area contributed by atoms with Crippen LogP contribution in [0.25, 0.3) is 11.0 Å². The summed E-state index contributed by atoms with van der Waals surface area (Å²) >= 11 is 3.54. The van der Waals surface area contributed by atoms with E-state index in [2.05, 4.69) is 87.0 Å². The molecule has 0 atom stereocenters. The van der Waals surface area contributed by atoms with Crippen LogP contribution in [0.4, 0.5) is 34.5 Å². The number of rotatable bonds is 11. The minimum atomic E-state index is -3.61. The van der Waals surface area contributed by atoms with Crippen molar-refractivity contribution in [2.45, 2.75) is 39.2 Å². The fourth-order valence-electron chi connectivity index (χ4n) is 6.35. The van der Waals surface area contributed by atoms with Gasteiger partial charge in [-0.15, -0.1) is 0 Å². The Labute approximate surface area is 290 Å². The zero-order valence-corrected chi connectivity index (χ0v) is 30.2. The van der Waals surface area contributed by atoms with Crippen LogP contribution in [0.2, 0.25) is 0 Å².